The molecule has 0 atom stereocenters. The summed E-state index contributed by atoms with van der Waals surface area (Å²) in [5.41, 5.74) is -0.556. The molecular weight excluding hydrogens is 190 g/mol. The summed E-state index contributed by atoms with van der Waals surface area (Å²) >= 11 is 0. The van der Waals surface area contributed by atoms with Gasteiger partial charge in [-0.05, 0) is 26.7 Å². The second kappa shape index (κ2) is 3.62. The zero-order valence-corrected chi connectivity index (χ0v) is 9.58. The van der Waals surface area contributed by atoms with E-state index in [0.717, 1.165) is 12.8 Å². The first-order chi connectivity index (χ1) is 7.03. The van der Waals surface area contributed by atoms with Crippen molar-refractivity contribution in [3.05, 3.63) is 0 Å². The van der Waals surface area contributed by atoms with Gasteiger partial charge in [0, 0.05) is 18.9 Å². The molecule has 1 saturated heterocycles. The minimum atomic E-state index is -0.556. The number of carbonyl (C=O) groups excluding carboxylic acids is 2. The van der Waals surface area contributed by atoms with Gasteiger partial charge >= 0.3 is 0 Å². The van der Waals surface area contributed by atoms with Gasteiger partial charge in [-0.3, -0.25) is 9.59 Å². The largest absolute Gasteiger partial charge is 0.330 e. The Bertz CT molecular complexity index is 290. The molecule has 0 spiro atoms. The normalized spacial score (nSPS) is 26.3. The van der Waals surface area contributed by atoms with Crippen molar-refractivity contribution in [2.24, 2.45) is 5.92 Å². The molecule has 2 fully saturated rings. The van der Waals surface area contributed by atoms with E-state index in [1.165, 1.54) is 12.8 Å². The number of hydrogen-bond donors (Lipinski definition) is 0. The van der Waals surface area contributed by atoms with Crippen LogP contribution in [0.15, 0.2) is 0 Å². The van der Waals surface area contributed by atoms with E-state index in [1.807, 2.05) is 13.8 Å². The van der Waals surface area contributed by atoms with Crippen LogP contribution >= 0.6 is 0 Å². The minimum absolute atomic E-state index is 0.190. The van der Waals surface area contributed by atoms with Crippen LogP contribution in [0.25, 0.3) is 0 Å². The van der Waals surface area contributed by atoms with E-state index in [2.05, 4.69) is 0 Å². The SMILES string of the molecule is CC1(C)C(=O)CCN1C(=O)C1CCCC1. The van der Waals surface area contributed by atoms with Crippen LogP contribution in [0.3, 0.4) is 0 Å². The van der Waals surface area contributed by atoms with Crippen molar-refractivity contribution in [1.82, 2.24) is 4.90 Å². The third kappa shape index (κ3) is 1.68. The van der Waals surface area contributed by atoms with E-state index >= 15 is 0 Å². The first-order valence-corrected chi connectivity index (χ1v) is 5.88. The quantitative estimate of drug-likeness (QED) is 0.660. The summed E-state index contributed by atoms with van der Waals surface area (Å²) in [5, 5.41) is 0. The summed E-state index contributed by atoms with van der Waals surface area (Å²) in [6, 6.07) is 0. The van der Waals surface area contributed by atoms with Gasteiger partial charge in [0.25, 0.3) is 0 Å². The number of carbonyl (C=O) groups is 2. The third-order valence-corrected chi connectivity index (χ3v) is 3.89. The van der Waals surface area contributed by atoms with Gasteiger partial charge in [-0.2, -0.15) is 0 Å². The number of Topliss-reactive ketones (excluding diaryl/α,β-unsaturated/α-hetero) is 1. The minimum Gasteiger partial charge on any atom is -0.330 e. The second-order valence-electron chi connectivity index (χ2n) is 5.20. The van der Waals surface area contributed by atoms with Crippen molar-refractivity contribution in [3.63, 3.8) is 0 Å². The Kier molecular flexibility index (Phi) is 2.57. The molecule has 1 saturated carbocycles. The van der Waals surface area contributed by atoms with Crippen LogP contribution < -0.4 is 0 Å². The summed E-state index contributed by atoms with van der Waals surface area (Å²) in [6.07, 6.45) is 4.89. The molecule has 3 nitrogen and oxygen atoms in total. The fraction of sp³-hybridized carbons (Fsp3) is 0.833. The molecule has 0 unspecified atom stereocenters. The van der Waals surface area contributed by atoms with Crippen LogP contribution in [-0.2, 0) is 9.59 Å². The zero-order valence-electron chi connectivity index (χ0n) is 9.58. The molecule has 1 heterocycles. The van der Waals surface area contributed by atoms with E-state index in [1.54, 1.807) is 4.90 Å². The Labute approximate surface area is 90.8 Å². The van der Waals surface area contributed by atoms with E-state index < -0.39 is 5.54 Å². The van der Waals surface area contributed by atoms with Gasteiger partial charge < -0.3 is 4.90 Å². The predicted octanol–water partition coefficient (Wildman–Crippen LogP) is 1.76. The van der Waals surface area contributed by atoms with Crippen molar-refractivity contribution in [2.75, 3.05) is 6.54 Å². The molecule has 0 aromatic heterocycles. The Morgan fingerprint density at radius 3 is 2.40 bits per heavy atom. The lowest BCUT2D eigenvalue weighted by Gasteiger charge is -2.32. The molecule has 1 aliphatic heterocycles. The van der Waals surface area contributed by atoms with E-state index in [0.29, 0.717) is 13.0 Å². The summed E-state index contributed by atoms with van der Waals surface area (Å²) in [6.45, 7) is 4.37. The maximum absolute atomic E-state index is 12.2. The highest BCUT2D eigenvalue weighted by Gasteiger charge is 2.44. The molecule has 0 aromatic carbocycles. The van der Waals surface area contributed by atoms with Crippen LogP contribution in [0.1, 0.15) is 46.0 Å². The Hall–Kier alpha value is -0.860. The lowest BCUT2D eigenvalue weighted by molar-refractivity contribution is -0.142. The first kappa shape index (κ1) is 10.7. The fourth-order valence-corrected chi connectivity index (χ4v) is 2.73. The molecule has 1 aliphatic carbocycles. The summed E-state index contributed by atoms with van der Waals surface area (Å²) in [7, 11) is 0. The van der Waals surface area contributed by atoms with E-state index in [9.17, 15) is 9.59 Å². The molecule has 84 valence electrons. The maximum atomic E-state index is 12.2. The number of ketones is 1. The maximum Gasteiger partial charge on any atom is 0.226 e. The van der Waals surface area contributed by atoms with Crippen LogP contribution in [-0.4, -0.2) is 28.7 Å². The summed E-state index contributed by atoms with van der Waals surface area (Å²) in [4.78, 5) is 25.6. The number of rotatable bonds is 1. The van der Waals surface area contributed by atoms with Crippen molar-refractivity contribution in [2.45, 2.75) is 51.5 Å². The van der Waals surface area contributed by atoms with Gasteiger partial charge in [0.2, 0.25) is 5.91 Å². The highest BCUT2D eigenvalue weighted by molar-refractivity contribution is 5.95. The highest BCUT2D eigenvalue weighted by atomic mass is 16.2. The molecule has 2 aliphatic rings. The number of nitrogens with zero attached hydrogens (tertiary/aromatic N) is 1. The average Bonchev–Trinajstić information content (AvgIpc) is 2.76. The Morgan fingerprint density at radius 2 is 1.93 bits per heavy atom. The molecule has 3 heteroatoms. The Morgan fingerprint density at radius 1 is 1.33 bits per heavy atom. The number of amides is 1. The van der Waals surface area contributed by atoms with Gasteiger partial charge in [-0.25, -0.2) is 0 Å². The number of likely N-dealkylation sites (tertiary alicyclic amines) is 1. The van der Waals surface area contributed by atoms with Crippen molar-refractivity contribution in [1.29, 1.82) is 0 Å². The third-order valence-electron chi connectivity index (χ3n) is 3.89. The molecule has 0 N–H and O–H groups in total. The van der Waals surface area contributed by atoms with Crippen molar-refractivity contribution >= 4 is 11.7 Å². The molecule has 0 radical (unpaired) electrons. The highest BCUT2D eigenvalue weighted by Crippen LogP contribution is 2.32. The van der Waals surface area contributed by atoms with Crippen LogP contribution in [0, 0.1) is 5.92 Å². The van der Waals surface area contributed by atoms with Crippen molar-refractivity contribution < 1.29 is 9.59 Å². The summed E-state index contributed by atoms with van der Waals surface area (Å²) in [5.74, 6) is 0.604. The van der Waals surface area contributed by atoms with Gasteiger partial charge in [-0.15, -0.1) is 0 Å². The van der Waals surface area contributed by atoms with Crippen LogP contribution in [0.5, 0.6) is 0 Å². The van der Waals surface area contributed by atoms with Crippen molar-refractivity contribution in [3.8, 4) is 0 Å². The molecule has 2 rings (SSSR count). The van der Waals surface area contributed by atoms with Crippen LogP contribution in [0.4, 0.5) is 0 Å². The monoisotopic (exact) mass is 209 g/mol. The topological polar surface area (TPSA) is 37.4 Å². The van der Waals surface area contributed by atoms with Gasteiger partial charge in [0.15, 0.2) is 5.78 Å². The number of hydrogen-bond acceptors (Lipinski definition) is 2. The van der Waals surface area contributed by atoms with E-state index in [4.69, 9.17) is 0 Å². The van der Waals surface area contributed by atoms with Crippen LogP contribution in [0.2, 0.25) is 0 Å². The fourth-order valence-electron chi connectivity index (χ4n) is 2.73. The first-order valence-electron chi connectivity index (χ1n) is 5.88. The van der Waals surface area contributed by atoms with Gasteiger partial charge in [0.05, 0.1) is 5.54 Å². The smallest absolute Gasteiger partial charge is 0.226 e. The van der Waals surface area contributed by atoms with E-state index in [-0.39, 0.29) is 17.6 Å². The standard InChI is InChI=1S/C12H19NO2/c1-12(2)10(14)7-8-13(12)11(15)9-5-3-4-6-9/h9H,3-8H2,1-2H3. The molecule has 0 bridgehead atoms. The molecule has 0 aromatic rings. The summed E-state index contributed by atoms with van der Waals surface area (Å²) < 4.78 is 0. The Balaban J connectivity index is 2.10. The van der Waals surface area contributed by atoms with Gasteiger partial charge in [-0.1, -0.05) is 12.8 Å². The van der Waals surface area contributed by atoms with Gasteiger partial charge in [0.1, 0.15) is 0 Å². The molecular formula is C12H19NO2. The second-order valence-corrected chi connectivity index (χ2v) is 5.20. The lowest BCUT2D eigenvalue weighted by Crippen LogP contribution is -2.48. The molecule has 1 amide bonds. The zero-order chi connectivity index (χ0) is 11.1. The lowest BCUT2D eigenvalue weighted by atomic mass is 9.98. The average molecular weight is 209 g/mol. The predicted molar refractivity (Wildman–Crippen MR) is 57.4 cm³/mol. The molecule has 15 heavy (non-hydrogen) atoms.